The summed E-state index contributed by atoms with van der Waals surface area (Å²) < 4.78 is 0. The van der Waals surface area contributed by atoms with E-state index in [0.717, 1.165) is 11.4 Å². The number of benzene rings is 2. The van der Waals surface area contributed by atoms with E-state index in [0.29, 0.717) is 0 Å². The van der Waals surface area contributed by atoms with Gasteiger partial charge in [0.05, 0.1) is 0 Å². The number of anilines is 2. The van der Waals surface area contributed by atoms with E-state index in [4.69, 9.17) is 0 Å². The fraction of sp³-hybridized carbons (Fsp3) is 0.263. The third-order valence-corrected chi connectivity index (χ3v) is 3.65. The van der Waals surface area contributed by atoms with Gasteiger partial charge in [0.25, 0.3) is 0 Å². The average molecular weight is 310 g/mol. The molecule has 0 spiro atoms. The van der Waals surface area contributed by atoms with Crippen molar-refractivity contribution in [3.63, 3.8) is 0 Å². The van der Waals surface area contributed by atoms with E-state index in [9.17, 15) is 9.59 Å². The van der Waals surface area contributed by atoms with Crippen LogP contribution in [-0.4, -0.2) is 11.8 Å². The van der Waals surface area contributed by atoms with Crippen molar-refractivity contribution in [2.24, 2.45) is 11.8 Å². The molecule has 0 aliphatic heterocycles. The first kappa shape index (κ1) is 16.7. The van der Waals surface area contributed by atoms with Crippen LogP contribution in [0.3, 0.4) is 0 Å². The molecule has 2 amide bonds. The minimum Gasteiger partial charge on any atom is -0.326 e. The Hall–Kier alpha value is -2.62. The highest BCUT2D eigenvalue weighted by Gasteiger charge is 2.25. The first-order valence-electron chi connectivity index (χ1n) is 7.77. The van der Waals surface area contributed by atoms with Gasteiger partial charge in [0.1, 0.15) is 0 Å². The Morgan fingerprint density at radius 2 is 1.30 bits per heavy atom. The smallest absolute Gasteiger partial charge is 0.228 e. The van der Waals surface area contributed by atoms with Gasteiger partial charge in [-0.1, -0.05) is 50.2 Å². The highest BCUT2D eigenvalue weighted by atomic mass is 16.2. The third kappa shape index (κ3) is 5.25. The Morgan fingerprint density at radius 1 is 0.826 bits per heavy atom. The Balaban J connectivity index is 1.98. The van der Waals surface area contributed by atoms with Gasteiger partial charge in [-0.25, -0.2) is 0 Å². The maximum absolute atomic E-state index is 12.5. The van der Waals surface area contributed by atoms with Gasteiger partial charge in [-0.05, 0) is 30.2 Å². The molecule has 0 fully saturated rings. The molecule has 0 aliphatic carbocycles. The summed E-state index contributed by atoms with van der Waals surface area (Å²) in [5, 5.41) is 5.70. The predicted octanol–water partition coefficient (Wildman–Crippen LogP) is 3.93. The van der Waals surface area contributed by atoms with Gasteiger partial charge in [-0.15, -0.1) is 0 Å². The summed E-state index contributed by atoms with van der Waals surface area (Å²) in [4.78, 5) is 24.6. The molecule has 0 saturated heterocycles. The van der Waals surface area contributed by atoms with Gasteiger partial charge >= 0.3 is 0 Å². The van der Waals surface area contributed by atoms with Crippen LogP contribution in [0.2, 0.25) is 0 Å². The number of carbonyl (C=O) groups is 2. The fourth-order valence-electron chi connectivity index (χ4n) is 2.32. The monoisotopic (exact) mass is 310 g/mol. The zero-order valence-corrected chi connectivity index (χ0v) is 13.5. The molecule has 2 rings (SSSR count). The molecular weight excluding hydrogens is 288 g/mol. The summed E-state index contributed by atoms with van der Waals surface area (Å²) in [5.74, 6) is -0.591. The maximum Gasteiger partial charge on any atom is 0.228 e. The molecule has 4 nitrogen and oxygen atoms in total. The van der Waals surface area contributed by atoms with E-state index in [2.05, 4.69) is 10.6 Å². The summed E-state index contributed by atoms with van der Waals surface area (Å²) in [6.07, 6.45) is 0.158. The van der Waals surface area contributed by atoms with Crippen molar-refractivity contribution in [2.45, 2.75) is 20.3 Å². The first-order chi connectivity index (χ1) is 11.1. The lowest BCUT2D eigenvalue weighted by Gasteiger charge is -2.20. The van der Waals surface area contributed by atoms with E-state index in [-0.39, 0.29) is 30.1 Å². The Bertz CT molecular complexity index is 639. The lowest BCUT2D eigenvalue weighted by Crippen LogP contribution is -2.31. The molecule has 1 atom stereocenters. The van der Waals surface area contributed by atoms with Crippen LogP contribution in [0.1, 0.15) is 20.3 Å². The zero-order valence-electron chi connectivity index (χ0n) is 13.5. The molecule has 0 radical (unpaired) electrons. The minimum absolute atomic E-state index is 0.0697. The van der Waals surface area contributed by atoms with Crippen LogP contribution < -0.4 is 10.6 Å². The second-order valence-electron chi connectivity index (χ2n) is 5.82. The van der Waals surface area contributed by atoms with Crippen molar-refractivity contribution in [2.75, 3.05) is 10.6 Å². The number of nitrogens with one attached hydrogen (secondary N) is 2. The van der Waals surface area contributed by atoms with Crippen molar-refractivity contribution in [1.82, 2.24) is 0 Å². The summed E-state index contributed by atoms with van der Waals surface area (Å²) in [5.41, 5.74) is 1.48. The molecule has 0 unspecified atom stereocenters. The standard InChI is InChI=1S/C19H22N2O2/c1-14(2)17(19(23)21-16-11-7-4-8-12-16)13-18(22)20-15-9-5-3-6-10-15/h3-12,14,17H,13H2,1-2H3,(H,20,22)(H,21,23)/t17-/m1/s1. The van der Waals surface area contributed by atoms with Crippen LogP contribution in [-0.2, 0) is 9.59 Å². The van der Waals surface area contributed by atoms with Crippen LogP contribution in [0, 0.1) is 11.8 Å². The Morgan fingerprint density at radius 3 is 1.78 bits per heavy atom. The van der Waals surface area contributed by atoms with Crippen molar-refractivity contribution in [3.05, 3.63) is 60.7 Å². The highest BCUT2D eigenvalue weighted by Crippen LogP contribution is 2.19. The SMILES string of the molecule is CC(C)[C@@H](CC(=O)Nc1ccccc1)C(=O)Nc1ccccc1. The molecule has 2 aromatic carbocycles. The zero-order chi connectivity index (χ0) is 16.7. The molecular formula is C19H22N2O2. The number of rotatable bonds is 6. The van der Waals surface area contributed by atoms with Gasteiger partial charge in [-0.2, -0.15) is 0 Å². The minimum atomic E-state index is -0.376. The summed E-state index contributed by atoms with van der Waals surface area (Å²) in [6, 6.07) is 18.5. The molecule has 120 valence electrons. The van der Waals surface area contributed by atoms with E-state index in [1.165, 1.54) is 0 Å². The van der Waals surface area contributed by atoms with Crippen molar-refractivity contribution in [1.29, 1.82) is 0 Å². The quantitative estimate of drug-likeness (QED) is 0.849. The third-order valence-electron chi connectivity index (χ3n) is 3.65. The Labute approximate surface area is 136 Å². The summed E-state index contributed by atoms with van der Waals surface area (Å²) in [6.45, 7) is 3.90. The predicted molar refractivity (Wildman–Crippen MR) is 93.1 cm³/mol. The fourth-order valence-corrected chi connectivity index (χ4v) is 2.32. The van der Waals surface area contributed by atoms with Crippen LogP contribution in [0.5, 0.6) is 0 Å². The van der Waals surface area contributed by atoms with Crippen molar-refractivity contribution >= 4 is 23.2 Å². The van der Waals surface area contributed by atoms with Gasteiger partial charge in [0.15, 0.2) is 0 Å². The van der Waals surface area contributed by atoms with Crippen LogP contribution >= 0.6 is 0 Å². The molecule has 0 heterocycles. The van der Waals surface area contributed by atoms with E-state index in [1.807, 2.05) is 74.5 Å². The van der Waals surface area contributed by atoms with Crippen LogP contribution in [0.15, 0.2) is 60.7 Å². The molecule has 23 heavy (non-hydrogen) atoms. The van der Waals surface area contributed by atoms with E-state index in [1.54, 1.807) is 0 Å². The number of para-hydroxylation sites is 2. The maximum atomic E-state index is 12.5. The second kappa shape index (κ2) is 8.13. The Kier molecular flexibility index (Phi) is 5.92. The number of amides is 2. The lowest BCUT2D eigenvalue weighted by atomic mass is 9.91. The molecule has 0 saturated carbocycles. The molecule has 0 aromatic heterocycles. The van der Waals surface area contributed by atoms with Gasteiger partial charge in [-0.3, -0.25) is 9.59 Å². The molecule has 2 N–H and O–H groups in total. The van der Waals surface area contributed by atoms with Crippen molar-refractivity contribution < 1.29 is 9.59 Å². The van der Waals surface area contributed by atoms with Crippen LogP contribution in [0.25, 0.3) is 0 Å². The highest BCUT2D eigenvalue weighted by molar-refractivity contribution is 5.98. The largest absolute Gasteiger partial charge is 0.326 e. The molecule has 0 aliphatic rings. The van der Waals surface area contributed by atoms with Crippen LogP contribution in [0.4, 0.5) is 11.4 Å². The molecule has 4 heteroatoms. The lowest BCUT2D eigenvalue weighted by molar-refractivity contribution is -0.126. The molecule has 0 bridgehead atoms. The topological polar surface area (TPSA) is 58.2 Å². The average Bonchev–Trinajstić information content (AvgIpc) is 2.54. The summed E-state index contributed by atoms with van der Waals surface area (Å²) >= 11 is 0. The van der Waals surface area contributed by atoms with Gasteiger partial charge in [0.2, 0.25) is 11.8 Å². The van der Waals surface area contributed by atoms with Crippen molar-refractivity contribution in [3.8, 4) is 0 Å². The number of carbonyl (C=O) groups excluding carboxylic acids is 2. The van der Waals surface area contributed by atoms with Gasteiger partial charge in [0, 0.05) is 23.7 Å². The van der Waals surface area contributed by atoms with E-state index < -0.39 is 0 Å². The van der Waals surface area contributed by atoms with E-state index >= 15 is 0 Å². The molecule has 2 aromatic rings. The number of hydrogen-bond donors (Lipinski definition) is 2. The van der Waals surface area contributed by atoms with Gasteiger partial charge < -0.3 is 10.6 Å². The number of hydrogen-bond acceptors (Lipinski definition) is 2. The second-order valence-corrected chi connectivity index (χ2v) is 5.82. The summed E-state index contributed by atoms with van der Waals surface area (Å²) in [7, 11) is 0. The first-order valence-corrected chi connectivity index (χ1v) is 7.77. The normalized spacial score (nSPS) is 11.8.